The summed E-state index contributed by atoms with van der Waals surface area (Å²) in [6.07, 6.45) is -2.57. The van der Waals surface area contributed by atoms with Crippen LogP contribution in [0.25, 0.3) is 0 Å². The summed E-state index contributed by atoms with van der Waals surface area (Å²) in [7, 11) is 1.44. The van der Waals surface area contributed by atoms with Crippen LogP contribution >= 0.6 is 0 Å². The molecule has 1 saturated heterocycles. The number of rotatable bonds is 4. The Kier molecular flexibility index (Phi) is 5.82. The van der Waals surface area contributed by atoms with Crippen molar-refractivity contribution in [2.45, 2.75) is 25.9 Å². The molecule has 1 aliphatic heterocycles. The van der Waals surface area contributed by atoms with Crippen molar-refractivity contribution in [2.24, 2.45) is 5.92 Å². The Morgan fingerprint density at radius 3 is 2.46 bits per heavy atom. The summed E-state index contributed by atoms with van der Waals surface area (Å²) < 4.78 is 44.9. The molecule has 2 aromatic carbocycles. The minimum absolute atomic E-state index is 0.153. The molecule has 1 amide bonds. The van der Waals surface area contributed by atoms with Crippen LogP contribution in [0.4, 0.5) is 24.5 Å². The number of nitrogens with zero attached hydrogens (tertiary/aromatic N) is 1. The fourth-order valence-corrected chi connectivity index (χ4v) is 3.36. The molecule has 0 aromatic heterocycles. The van der Waals surface area contributed by atoms with Crippen molar-refractivity contribution in [3.05, 3.63) is 53.6 Å². The summed E-state index contributed by atoms with van der Waals surface area (Å²) in [5, 5.41) is 2.66. The summed E-state index contributed by atoms with van der Waals surface area (Å²) in [6, 6.07) is 10.1. The van der Waals surface area contributed by atoms with Gasteiger partial charge in [0, 0.05) is 13.1 Å². The molecule has 0 saturated carbocycles. The monoisotopic (exact) mass is 392 g/mol. The van der Waals surface area contributed by atoms with Crippen molar-refractivity contribution in [1.82, 2.24) is 0 Å². The molecule has 1 aliphatic rings. The van der Waals surface area contributed by atoms with E-state index < -0.39 is 17.6 Å². The molecule has 1 heterocycles. The van der Waals surface area contributed by atoms with E-state index in [1.807, 2.05) is 4.90 Å². The van der Waals surface area contributed by atoms with Crippen molar-refractivity contribution in [1.29, 1.82) is 0 Å². The van der Waals surface area contributed by atoms with Crippen LogP contribution in [0.15, 0.2) is 42.5 Å². The second-order valence-corrected chi connectivity index (χ2v) is 7.05. The highest BCUT2D eigenvalue weighted by Crippen LogP contribution is 2.37. The lowest BCUT2D eigenvalue weighted by Gasteiger charge is -2.33. The van der Waals surface area contributed by atoms with Crippen LogP contribution in [0.3, 0.4) is 0 Å². The third kappa shape index (κ3) is 4.40. The quantitative estimate of drug-likeness (QED) is 0.777. The number of anilines is 2. The van der Waals surface area contributed by atoms with Gasteiger partial charge in [0.1, 0.15) is 5.75 Å². The lowest BCUT2D eigenvalue weighted by atomic mass is 9.98. The molecule has 1 fully saturated rings. The second kappa shape index (κ2) is 8.12. The molecule has 0 unspecified atom stereocenters. The van der Waals surface area contributed by atoms with Crippen LogP contribution in [0.5, 0.6) is 5.75 Å². The summed E-state index contributed by atoms with van der Waals surface area (Å²) in [5.41, 5.74) is 0.223. The first-order valence-corrected chi connectivity index (χ1v) is 9.20. The fraction of sp³-hybridized carbons (Fsp3) is 0.381. The third-order valence-electron chi connectivity index (χ3n) is 5.05. The van der Waals surface area contributed by atoms with Crippen molar-refractivity contribution >= 4 is 17.3 Å². The van der Waals surface area contributed by atoms with Gasteiger partial charge in [-0.05, 0) is 49.1 Å². The minimum Gasteiger partial charge on any atom is -0.496 e. The van der Waals surface area contributed by atoms with Crippen LogP contribution < -0.4 is 15.0 Å². The predicted molar refractivity (Wildman–Crippen MR) is 103 cm³/mol. The number of hydrogen-bond acceptors (Lipinski definition) is 3. The standard InChI is InChI=1S/C21H23F3N2O2/c1-14-9-11-26(12-10-14)18-8-7-15(21(22,23)24)13-17(18)25-20(27)16-5-3-4-6-19(16)28-2/h3-8,13-14H,9-12H2,1-2H3,(H,25,27). The molecular weight excluding hydrogens is 369 g/mol. The van der Waals surface area contributed by atoms with Crippen LogP contribution in [0, 0.1) is 5.92 Å². The van der Waals surface area contributed by atoms with E-state index in [9.17, 15) is 18.0 Å². The molecule has 150 valence electrons. The molecule has 4 nitrogen and oxygen atoms in total. The molecule has 7 heteroatoms. The molecule has 28 heavy (non-hydrogen) atoms. The topological polar surface area (TPSA) is 41.6 Å². The maximum Gasteiger partial charge on any atom is 0.416 e. The van der Waals surface area contributed by atoms with Gasteiger partial charge in [-0.25, -0.2) is 0 Å². The van der Waals surface area contributed by atoms with Crippen LogP contribution in [0.1, 0.15) is 35.7 Å². The van der Waals surface area contributed by atoms with Crippen LogP contribution in [-0.4, -0.2) is 26.1 Å². The average molecular weight is 392 g/mol. The average Bonchev–Trinajstić information content (AvgIpc) is 2.68. The number of carbonyl (C=O) groups is 1. The Balaban J connectivity index is 1.95. The molecule has 0 spiro atoms. The number of nitrogens with one attached hydrogen (secondary N) is 1. The van der Waals surface area contributed by atoms with Gasteiger partial charge < -0.3 is 15.0 Å². The van der Waals surface area contributed by atoms with E-state index >= 15 is 0 Å². The maximum atomic E-state index is 13.2. The highest BCUT2D eigenvalue weighted by molar-refractivity contribution is 6.07. The predicted octanol–water partition coefficient (Wildman–Crippen LogP) is 5.20. The van der Waals surface area contributed by atoms with E-state index in [2.05, 4.69) is 12.2 Å². The van der Waals surface area contributed by atoms with Crippen molar-refractivity contribution in [3.8, 4) is 5.75 Å². The molecule has 0 aliphatic carbocycles. The summed E-state index contributed by atoms with van der Waals surface area (Å²) in [6.45, 7) is 3.64. The Morgan fingerprint density at radius 2 is 1.82 bits per heavy atom. The molecule has 3 rings (SSSR count). The number of benzene rings is 2. The Bertz CT molecular complexity index is 844. The first-order valence-electron chi connectivity index (χ1n) is 9.20. The fourth-order valence-electron chi connectivity index (χ4n) is 3.36. The zero-order chi connectivity index (χ0) is 20.3. The summed E-state index contributed by atoms with van der Waals surface area (Å²) >= 11 is 0. The SMILES string of the molecule is COc1ccccc1C(=O)Nc1cc(C(F)(F)F)ccc1N1CCC(C)CC1. The number of ether oxygens (including phenoxy) is 1. The van der Waals surface area contributed by atoms with E-state index in [1.54, 1.807) is 24.3 Å². The highest BCUT2D eigenvalue weighted by atomic mass is 19.4. The van der Waals surface area contributed by atoms with Gasteiger partial charge >= 0.3 is 6.18 Å². The highest BCUT2D eigenvalue weighted by Gasteiger charge is 2.32. The van der Waals surface area contributed by atoms with E-state index in [0.717, 1.165) is 38.1 Å². The summed E-state index contributed by atoms with van der Waals surface area (Å²) in [4.78, 5) is 14.8. The molecule has 2 aromatic rings. The summed E-state index contributed by atoms with van der Waals surface area (Å²) in [5.74, 6) is 0.432. The number of carbonyl (C=O) groups excluding carboxylic acids is 1. The number of amides is 1. The van der Waals surface area contributed by atoms with Gasteiger partial charge in [-0.15, -0.1) is 0 Å². The first kappa shape index (κ1) is 20.0. The van der Waals surface area contributed by atoms with Gasteiger partial charge in [0.2, 0.25) is 0 Å². The van der Waals surface area contributed by atoms with Gasteiger partial charge in [-0.2, -0.15) is 13.2 Å². The zero-order valence-corrected chi connectivity index (χ0v) is 15.8. The largest absolute Gasteiger partial charge is 0.496 e. The second-order valence-electron chi connectivity index (χ2n) is 7.05. The van der Waals surface area contributed by atoms with Gasteiger partial charge in [-0.1, -0.05) is 19.1 Å². The lowest BCUT2D eigenvalue weighted by Crippen LogP contribution is -2.33. The zero-order valence-electron chi connectivity index (χ0n) is 15.8. The molecule has 0 radical (unpaired) electrons. The smallest absolute Gasteiger partial charge is 0.416 e. The van der Waals surface area contributed by atoms with Gasteiger partial charge in [0.15, 0.2) is 0 Å². The lowest BCUT2D eigenvalue weighted by molar-refractivity contribution is -0.137. The van der Waals surface area contributed by atoms with Crippen LogP contribution in [0.2, 0.25) is 0 Å². The number of alkyl halides is 3. The normalized spacial score (nSPS) is 15.4. The Hall–Kier alpha value is -2.70. The van der Waals surface area contributed by atoms with Gasteiger partial charge in [-0.3, -0.25) is 4.79 Å². The number of methoxy groups -OCH3 is 1. The van der Waals surface area contributed by atoms with Crippen molar-refractivity contribution in [2.75, 3.05) is 30.4 Å². The molecular formula is C21H23F3N2O2. The molecule has 0 bridgehead atoms. The Morgan fingerprint density at radius 1 is 1.14 bits per heavy atom. The number of hydrogen-bond donors (Lipinski definition) is 1. The minimum atomic E-state index is -4.49. The third-order valence-corrected chi connectivity index (χ3v) is 5.05. The van der Waals surface area contributed by atoms with Gasteiger partial charge in [0.05, 0.1) is 29.6 Å². The first-order chi connectivity index (χ1) is 13.3. The van der Waals surface area contributed by atoms with Crippen LogP contribution in [-0.2, 0) is 6.18 Å². The number of piperidine rings is 1. The van der Waals surface area contributed by atoms with Crippen molar-refractivity contribution < 1.29 is 22.7 Å². The molecule has 1 N–H and O–H groups in total. The number of para-hydroxylation sites is 1. The Labute approximate surface area is 162 Å². The van der Waals surface area contributed by atoms with Gasteiger partial charge in [0.25, 0.3) is 5.91 Å². The van der Waals surface area contributed by atoms with E-state index in [4.69, 9.17) is 4.74 Å². The van der Waals surface area contributed by atoms with E-state index in [1.165, 1.54) is 13.2 Å². The van der Waals surface area contributed by atoms with Crippen molar-refractivity contribution in [3.63, 3.8) is 0 Å². The number of halogens is 3. The molecule has 0 atom stereocenters. The maximum absolute atomic E-state index is 13.2. The van der Waals surface area contributed by atoms with E-state index in [-0.39, 0.29) is 11.3 Å². The van der Waals surface area contributed by atoms with E-state index in [0.29, 0.717) is 17.4 Å².